The van der Waals surface area contributed by atoms with Gasteiger partial charge in [-0.25, -0.2) is 13.1 Å². The van der Waals surface area contributed by atoms with Gasteiger partial charge in [0.2, 0.25) is 15.9 Å². The average Bonchev–Trinajstić information content (AvgIpc) is 2.38. The van der Waals surface area contributed by atoms with Crippen molar-refractivity contribution in [2.24, 2.45) is 0 Å². The summed E-state index contributed by atoms with van der Waals surface area (Å²) >= 11 is 1.41. The van der Waals surface area contributed by atoms with Gasteiger partial charge in [0, 0.05) is 22.9 Å². The van der Waals surface area contributed by atoms with Crippen molar-refractivity contribution >= 4 is 33.4 Å². The van der Waals surface area contributed by atoms with E-state index >= 15 is 0 Å². The molecule has 0 bridgehead atoms. The second-order valence-corrected chi connectivity index (χ2v) is 7.52. The first kappa shape index (κ1) is 17.8. The number of anilines is 1. The van der Waals surface area contributed by atoms with E-state index in [1.165, 1.54) is 18.7 Å². The minimum Gasteiger partial charge on any atom is -0.399 e. The zero-order valence-electron chi connectivity index (χ0n) is 12.1. The number of benzene rings is 1. The molecule has 0 heterocycles. The lowest BCUT2D eigenvalue weighted by Crippen LogP contribution is -2.45. The summed E-state index contributed by atoms with van der Waals surface area (Å²) < 4.78 is 26.1. The molecule has 0 spiro atoms. The van der Waals surface area contributed by atoms with E-state index in [4.69, 9.17) is 5.73 Å². The lowest BCUT2D eigenvalue weighted by atomic mass is 10.3. The van der Waals surface area contributed by atoms with Crippen LogP contribution in [0.25, 0.3) is 0 Å². The van der Waals surface area contributed by atoms with Crippen LogP contribution < -0.4 is 15.8 Å². The van der Waals surface area contributed by atoms with Gasteiger partial charge in [-0.15, -0.1) is 11.8 Å². The number of nitrogens with two attached hydrogens (primary N) is 1. The lowest BCUT2D eigenvalue weighted by Gasteiger charge is -2.13. The number of carbonyl (C=O) groups is 1. The van der Waals surface area contributed by atoms with Crippen LogP contribution in [0.2, 0.25) is 0 Å². The summed E-state index contributed by atoms with van der Waals surface area (Å²) in [6.45, 7) is 3.77. The zero-order valence-corrected chi connectivity index (χ0v) is 13.8. The molecule has 1 aromatic rings. The molecule has 0 aliphatic rings. The topological polar surface area (TPSA) is 101 Å². The molecule has 0 fully saturated rings. The van der Waals surface area contributed by atoms with Crippen molar-refractivity contribution in [2.75, 3.05) is 23.8 Å². The Labute approximate surface area is 129 Å². The van der Waals surface area contributed by atoms with Gasteiger partial charge in [0.05, 0.1) is 11.8 Å². The number of carbonyl (C=O) groups excluding carboxylic acids is 1. The SMILES string of the molecule is CCNC(=O)C(C)NS(=O)(=O)CCSc1cccc(N)c1. The molecule has 0 aromatic heterocycles. The molecular formula is C13H21N3O3S2. The van der Waals surface area contributed by atoms with Crippen LogP contribution >= 0.6 is 11.8 Å². The first-order valence-electron chi connectivity index (χ1n) is 6.60. The van der Waals surface area contributed by atoms with Crippen molar-refractivity contribution in [3.05, 3.63) is 24.3 Å². The fraction of sp³-hybridized carbons (Fsp3) is 0.462. The molecule has 1 aromatic carbocycles. The summed E-state index contributed by atoms with van der Waals surface area (Å²) in [4.78, 5) is 12.4. The van der Waals surface area contributed by atoms with Crippen LogP contribution in [0.5, 0.6) is 0 Å². The van der Waals surface area contributed by atoms with Gasteiger partial charge in [-0.2, -0.15) is 0 Å². The van der Waals surface area contributed by atoms with Crippen LogP contribution in [0.15, 0.2) is 29.2 Å². The van der Waals surface area contributed by atoms with E-state index in [0.717, 1.165) is 4.90 Å². The number of nitrogen functional groups attached to an aromatic ring is 1. The van der Waals surface area contributed by atoms with E-state index in [-0.39, 0.29) is 11.7 Å². The lowest BCUT2D eigenvalue weighted by molar-refractivity contribution is -0.122. The van der Waals surface area contributed by atoms with Gasteiger partial charge in [-0.3, -0.25) is 4.79 Å². The second-order valence-electron chi connectivity index (χ2n) is 4.47. The van der Waals surface area contributed by atoms with E-state index in [1.54, 1.807) is 19.1 Å². The van der Waals surface area contributed by atoms with Crippen molar-refractivity contribution in [1.29, 1.82) is 0 Å². The van der Waals surface area contributed by atoms with Crippen LogP contribution in [0.4, 0.5) is 5.69 Å². The van der Waals surface area contributed by atoms with Crippen molar-refractivity contribution < 1.29 is 13.2 Å². The molecule has 0 aliphatic heterocycles. The maximum Gasteiger partial charge on any atom is 0.237 e. The maximum atomic E-state index is 11.9. The van der Waals surface area contributed by atoms with Crippen molar-refractivity contribution in [3.63, 3.8) is 0 Å². The Morgan fingerprint density at radius 1 is 1.43 bits per heavy atom. The third-order valence-electron chi connectivity index (χ3n) is 2.58. The highest BCUT2D eigenvalue weighted by Gasteiger charge is 2.19. The summed E-state index contributed by atoms with van der Waals surface area (Å²) in [5.74, 6) is 0.00136. The highest BCUT2D eigenvalue weighted by Crippen LogP contribution is 2.20. The van der Waals surface area contributed by atoms with Crippen LogP contribution in [0.1, 0.15) is 13.8 Å². The predicted molar refractivity (Wildman–Crippen MR) is 86.6 cm³/mol. The van der Waals surface area contributed by atoms with Crippen LogP contribution in [-0.4, -0.2) is 38.4 Å². The summed E-state index contributed by atoms with van der Waals surface area (Å²) in [5.41, 5.74) is 6.30. The largest absolute Gasteiger partial charge is 0.399 e. The first-order chi connectivity index (χ1) is 9.84. The number of nitrogens with one attached hydrogen (secondary N) is 2. The zero-order chi connectivity index (χ0) is 15.9. The number of likely N-dealkylation sites (N-methyl/N-ethyl adjacent to an activating group) is 1. The van der Waals surface area contributed by atoms with E-state index in [9.17, 15) is 13.2 Å². The van der Waals surface area contributed by atoms with E-state index in [2.05, 4.69) is 10.0 Å². The summed E-state index contributed by atoms with van der Waals surface area (Å²) in [7, 11) is -3.49. The third-order valence-corrected chi connectivity index (χ3v) is 5.29. The Hall–Kier alpha value is -1.25. The Kier molecular flexibility index (Phi) is 7.00. The highest BCUT2D eigenvalue weighted by molar-refractivity contribution is 8.00. The summed E-state index contributed by atoms with van der Waals surface area (Å²) in [6.07, 6.45) is 0. The molecular weight excluding hydrogens is 310 g/mol. The smallest absolute Gasteiger partial charge is 0.237 e. The Morgan fingerprint density at radius 2 is 2.14 bits per heavy atom. The van der Waals surface area contributed by atoms with Crippen molar-refractivity contribution in [3.8, 4) is 0 Å². The predicted octanol–water partition coefficient (Wildman–Crippen LogP) is 0.805. The molecule has 4 N–H and O–H groups in total. The minimum atomic E-state index is -3.49. The molecule has 21 heavy (non-hydrogen) atoms. The number of sulfonamides is 1. The normalized spacial score (nSPS) is 12.9. The Morgan fingerprint density at radius 3 is 2.76 bits per heavy atom. The molecule has 1 rings (SSSR count). The molecule has 6 nitrogen and oxygen atoms in total. The average molecular weight is 331 g/mol. The van der Waals surface area contributed by atoms with Gasteiger partial charge in [0.1, 0.15) is 0 Å². The summed E-state index contributed by atoms with van der Waals surface area (Å²) in [6, 6.07) is 6.49. The van der Waals surface area contributed by atoms with Crippen LogP contribution in [-0.2, 0) is 14.8 Å². The van der Waals surface area contributed by atoms with E-state index < -0.39 is 16.1 Å². The van der Waals surface area contributed by atoms with Gasteiger partial charge in [-0.05, 0) is 32.0 Å². The first-order valence-corrected chi connectivity index (χ1v) is 9.24. The molecule has 0 aliphatic carbocycles. The van der Waals surface area contributed by atoms with E-state index in [1.807, 2.05) is 12.1 Å². The maximum absolute atomic E-state index is 11.9. The number of hydrogen-bond acceptors (Lipinski definition) is 5. The number of thioether (sulfide) groups is 1. The minimum absolute atomic E-state index is 0.0593. The molecule has 118 valence electrons. The van der Waals surface area contributed by atoms with Gasteiger partial charge in [0.15, 0.2) is 0 Å². The monoisotopic (exact) mass is 331 g/mol. The van der Waals surface area contributed by atoms with Gasteiger partial charge < -0.3 is 11.1 Å². The molecule has 1 unspecified atom stereocenters. The van der Waals surface area contributed by atoms with E-state index in [0.29, 0.717) is 18.0 Å². The second kappa shape index (κ2) is 8.26. The molecule has 8 heteroatoms. The van der Waals surface area contributed by atoms with Crippen LogP contribution in [0, 0.1) is 0 Å². The third kappa shape index (κ3) is 6.83. The standard InChI is InChI=1S/C13H21N3O3S2/c1-3-15-13(17)10(2)16-21(18,19)8-7-20-12-6-4-5-11(14)9-12/h4-6,9-10,16H,3,7-8,14H2,1-2H3,(H,15,17). The number of rotatable bonds is 8. The van der Waals surface area contributed by atoms with Gasteiger partial charge >= 0.3 is 0 Å². The fourth-order valence-electron chi connectivity index (χ4n) is 1.58. The van der Waals surface area contributed by atoms with Gasteiger partial charge in [-0.1, -0.05) is 6.07 Å². The molecule has 1 amide bonds. The van der Waals surface area contributed by atoms with Crippen molar-refractivity contribution in [2.45, 2.75) is 24.8 Å². The van der Waals surface area contributed by atoms with Crippen molar-refractivity contribution in [1.82, 2.24) is 10.0 Å². The molecule has 1 atom stereocenters. The Bertz CT molecular complexity index is 576. The molecule has 0 radical (unpaired) electrons. The Balaban J connectivity index is 2.44. The number of amides is 1. The molecule has 0 saturated heterocycles. The molecule has 0 saturated carbocycles. The fourth-order valence-corrected chi connectivity index (χ4v) is 4.19. The quantitative estimate of drug-likeness (QED) is 0.483. The summed E-state index contributed by atoms with van der Waals surface area (Å²) in [5, 5.41) is 2.57. The van der Waals surface area contributed by atoms with Gasteiger partial charge in [0.25, 0.3) is 0 Å². The number of hydrogen-bond donors (Lipinski definition) is 3. The highest BCUT2D eigenvalue weighted by atomic mass is 32.2. The van der Waals surface area contributed by atoms with Crippen LogP contribution in [0.3, 0.4) is 0 Å².